The molecule has 0 aliphatic rings. The van der Waals surface area contributed by atoms with Gasteiger partial charge in [0.1, 0.15) is 0 Å². The van der Waals surface area contributed by atoms with Crippen molar-refractivity contribution in [2.75, 3.05) is 0 Å². The minimum atomic E-state index is 0.133. The molecule has 68 valence electrons. The molecule has 1 atom stereocenters. The second-order valence-corrected chi connectivity index (χ2v) is 6.48. The van der Waals surface area contributed by atoms with E-state index in [0.29, 0.717) is 0 Å². The molecule has 0 spiro atoms. The van der Waals surface area contributed by atoms with Crippen LogP contribution in [-0.4, -0.2) is 0 Å². The first-order valence-electron chi connectivity index (χ1n) is 3.92. The lowest BCUT2D eigenvalue weighted by Gasteiger charge is -2.25. The molecule has 0 aliphatic carbocycles. The summed E-state index contributed by atoms with van der Waals surface area (Å²) in [5, 5.41) is 0. The van der Waals surface area contributed by atoms with Crippen molar-refractivity contribution in [3.63, 3.8) is 0 Å². The first kappa shape index (κ1) is 10.2. The van der Waals surface area contributed by atoms with Crippen molar-refractivity contribution in [3.8, 4) is 0 Å². The van der Waals surface area contributed by atoms with Crippen molar-refractivity contribution in [1.82, 2.24) is 0 Å². The van der Waals surface area contributed by atoms with Crippen LogP contribution in [0.3, 0.4) is 0 Å². The Morgan fingerprint density at radius 2 is 2.00 bits per heavy atom. The van der Waals surface area contributed by atoms with Crippen molar-refractivity contribution in [3.05, 3.63) is 20.8 Å². The normalized spacial score (nSPS) is 14.8. The van der Waals surface area contributed by atoms with Crippen molar-refractivity contribution >= 4 is 27.3 Å². The van der Waals surface area contributed by atoms with Crippen molar-refractivity contribution in [2.24, 2.45) is 11.1 Å². The molecule has 1 aromatic heterocycles. The van der Waals surface area contributed by atoms with Crippen LogP contribution in [0.2, 0.25) is 0 Å². The molecule has 1 rings (SSSR count). The summed E-state index contributed by atoms with van der Waals surface area (Å²) in [7, 11) is 0. The maximum absolute atomic E-state index is 6.07. The Balaban J connectivity index is 2.85. The van der Waals surface area contributed by atoms with Gasteiger partial charge in [-0.05, 0) is 33.5 Å². The minimum Gasteiger partial charge on any atom is -0.323 e. The van der Waals surface area contributed by atoms with Crippen LogP contribution in [0.15, 0.2) is 15.9 Å². The second-order valence-electron chi connectivity index (χ2n) is 3.99. The summed E-state index contributed by atoms with van der Waals surface area (Å²) in [6.45, 7) is 6.47. The fourth-order valence-corrected chi connectivity index (χ4v) is 2.59. The molecule has 0 saturated carbocycles. The molecular formula is C9H14BrNS. The van der Waals surface area contributed by atoms with Crippen LogP contribution in [0.4, 0.5) is 0 Å². The van der Waals surface area contributed by atoms with Crippen molar-refractivity contribution in [2.45, 2.75) is 26.8 Å². The Kier molecular flexibility index (Phi) is 2.97. The summed E-state index contributed by atoms with van der Waals surface area (Å²) in [6.07, 6.45) is 0. The lowest BCUT2D eigenvalue weighted by molar-refractivity contribution is 0.331. The molecule has 2 N–H and O–H groups in total. The molecule has 0 bridgehead atoms. The second kappa shape index (κ2) is 3.48. The third-order valence-corrected chi connectivity index (χ3v) is 3.54. The average Bonchev–Trinajstić information content (AvgIpc) is 2.32. The van der Waals surface area contributed by atoms with Gasteiger partial charge >= 0.3 is 0 Å². The van der Waals surface area contributed by atoms with E-state index in [1.165, 1.54) is 4.88 Å². The zero-order valence-electron chi connectivity index (χ0n) is 7.60. The molecule has 1 aromatic rings. The summed E-state index contributed by atoms with van der Waals surface area (Å²) in [6, 6.07) is 4.27. The predicted octanol–water partition coefficient (Wildman–Crippen LogP) is 3.56. The molecule has 1 nitrogen and oxygen atoms in total. The summed E-state index contributed by atoms with van der Waals surface area (Å²) in [5.74, 6) is 0. The van der Waals surface area contributed by atoms with Crippen molar-refractivity contribution < 1.29 is 0 Å². The topological polar surface area (TPSA) is 26.0 Å². The highest BCUT2D eigenvalue weighted by molar-refractivity contribution is 9.11. The van der Waals surface area contributed by atoms with Gasteiger partial charge in [0.25, 0.3) is 0 Å². The molecule has 0 aliphatic heterocycles. The maximum atomic E-state index is 6.07. The van der Waals surface area contributed by atoms with Crippen LogP contribution in [-0.2, 0) is 0 Å². The largest absolute Gasteiger partial charge is 0.323 e. The van der Waals surface area contributed by atoms with Crippen LogP contribution < -0.4 is 5.73 Å². The average molecular weight is 248 g/mol. The first-order valence-corrected chi connectivity index (χ1v) is 5.53. The first-order chi connectivity index (χ1) is 5.41. The van der Waals surface area contributed by atoms with Gasteiger partial charge in [-0.3, -0.25) is 0 Å². The van der Waals surface area contributed by atoms with Gasteiger partial charge in [0.05, 0.1) is 3.79 Å². The predicted molar refractivity (Wildman–Crippen MR) is 58.4 cm³/mol. The third kappa shape index (κ3) is 2.31. The van der Waals surface area contributed by atoms with Gasteiger partial charge in [-0.2, -0.15) is 0 Å². The van der Waals surface area contributed by atoms with E-state index in [1.807, 2.05) is 6.07 Å². The number of thiophene rings is 1. The standard InChI is InChI=1S/C9H14BrNS/c1-9(2,3)8(11)6-4-5-7(10)12-6/h4-5,8H,11H2,1-3H3/t8-/m1/s1. The third-order valence-electron chi connectivity index (χ3n) is 1.83. The number of rotatable bonds is 1. The Morgan fingerprint density at radius 1 is 1.42 bits per heavy atom. The summed E-state index contributed by atoms with van der Waals surface area (Å²) in [4.78, 5) is 1.24. The summed E-state index contributed by atoms with van der Waals surface area (Å²) in [5.41, 5.74) is 6.22. The van der Waals surface area contributed by atoms with Crippen LogP contribution in [0.5, 0.6) is 0 Å². The van der Waals surface area contributed by atoms with Crippen LogP contribution >= 0.6 is 27.3 Å². The van der Waals surface area contributed by atoms with Crippen LogP contribution in [0, 0.1) is 5.41 Å². The highest BCUT2D eigenvalue weighted by Crippen LogP contribution is 2.35. The molecule has 0 unspecified atom stereocenters. The molecule has 0 saturated heterocycles. The van der Waals surface area contributed by atoms with Crippen LogP contribution in [0.25, 0.3) is 0 Å². The van der Waals surface area contributed by atoms with Crippen LogP contribution in [0.1, 0.15) is 31.7 Å². The Labute approximate surface area is 86.1 Å². The zero-order chi connectivity index (χ0) is 9.35. The Morgan fingerprint density at radius 3 is 2.33 bits per heavy atom. The molecule has 0 aromatic carbocycles. The Bertz CT molecular complexity index is 262. The SMILES string of the molecule is CC(C)(C)[C@H](N)c1ccc(Br)s1. The van der Waals surface area contributed by atoms with E-state index in [9.17, 15) is 0 Å². The van der Waals surface area contributed by atoms with Gasteiger partial charge in [-0.1, -0.05) is 20.8 Å². The lowest BCUT2D eigenvalue weighted by Crippen LogP contribution is -2.25. The highest BCUT2D eigenvalue weighted by Gasteiger charge is 2.23. The molecule has 1 heterocycles. The number of halogens is 1. The highest BCUT2D eigenvalue weighted by atomic mass is 79.9. The zero-order valence-corrected chi connectivity index (χ0v) is 10.00. The molecule has 0 amide bonds. The Hall–Kier alpha value is 0.140. The van der Waals surface area contributed by atoms with E-state index in [4.69, 9.17) is 5.73 Å². The van der Waals surface area contributed by atoms with Gasteiger partial charge in [-0.25, -0.2) is 0 Å². The lowest BCUT2D eigenvalue weighted by atomic mass is 9.87. The van der Waals surface area contributed by atoms with Gasteiger partial charge in [0, 0.05) is 10.9 Å². The van der Waals surface area contributed by atoms with E-state index >= 15 is 0 Å². The molecular weight excluding hydrogens is 234 g/mol. The molecule has 3 heteroatoms. The van der Waals surface area contributed by atoms with Gasteiger partial charge in [-0.15, -0.1) is 11.3 Å². The fourth-order valence-electron chi connectivity index (χ4n) is 0.922. The number of nitrogens with two attached hydrogens (primary N) is 1. The smallest absolute Gasteiger partial charge is 0.0701 e. The monoisotopic (exact) mass is 247 g/mol. The van der Waals surface area contributed by atoms with Gasteiger partial charge < -0.3 is 5.73 Å². The molecule has 0 radical (unpaired) electrons. The number of hydrogen-bond donors (Lipinski definition) is 1. The summed E-state index contributed by atoms with van der Waals surface area (Å²) >= 11 is 5.14. The molecule has 12 heavy (non-hydrogen) atoms. The van der Waals surface area contributed by atoms with E-state index in [2.05, 4.69) is 42.8 Å². The molecule has 0 fully saturated rings. The quantitative estimate of drug-likeness (QED) is 0.808. The van der Waals surface area contributed by atoms with E-state index < -0.39 is 0 Å². The minimum absolute atomic E-state index is 0.133. The van der Waals surface area contributed by atoms with E-state index in [1.54, 1.807) is 11.3 Å². The van der Waals surface area contributed by atoms with Gasteiger partial charge in [0.15, 0.2) is 0 Å². The maximum Gasteiger partial charge on any atom is 0.0701 e. The summed E-state index contributed by atoms with van der Waals surface area (Å²) < 4.78 is 1.15. The van der Waals surface area contributed by atoms with Crippen molar-refractivity contribution in [1.29, 1.82) is 0 Å². The number of hydrogen-bond acceptors (Lipinski definition) is 2. The van der Waals surface area contributed by atoms with E-state index in [-0.39, 0.29) is 11.5 Å². The van der Waals surface area contributed by atoms with E-state index in [0.717, 1.165) is 3.79 Å². The fraction of sp³-hybridized carbons (Fsp3) is 0.556. The van der Waals surface area contributed by atoms with Gasteiger partial charge in [0.2, 0.25) is 0 Å².